The summed E-state index contributed by atoms with van der Waals surface area (Å²) >= 11 is 3.25. The lowest BCUT2D eigenvalue weighted by Gasteiger charge is -2.32. The number of allylic oxidation sites excluding steroid dienone is 4. The Hall–Kier alpha value is -6.18. The third-order valence-electron chi connectivity index (χ3n) is 17.3. The maximum Gasteiger partial charge on any atom is 0.491 e. The highest BCUT2D eigenvalue weighted by atomic mass is 79.9. The van der Waals surface area contributed by atoms with Crippen molar-refractivity contribution in [1.82, 2.24) is 0 Å². The number of nitrogens with zero attached hydrogens (tertiary/aromatic N) is 2. The highest BCUT2D eigenvalue weighted by Gasteiger charge is 2.54. The van der Waals surface area contributed by atoms with Gasteiger partial charge >= 0.3 is 30.8 Å². The number of hydrogen-bond donors (Lipinski definition) is 0. The van der Waals surface area contributed by atoms with E-state index in [1.807, 2.05) is 6.07 Å². The maximum absolute atomic E-state index is 12.0. The van der Waals surface area contributed by atoms with E-state index in [0.29, 0.717) is 35.3 Å². The van der Waals surface area contributed by atoms with Gasteiger partial charge in [0.2, 0.25) is 11.5 Å². The number of rotatable bonds is 16. The molecule has 3 heterocycles. The average Bonchev–Trinajstić information content (AvgIpc) is 3.29. The molecule has 0 spiro atoms. The van der Waals surface area contributed by atoms with Gasteiger partial charge < -0.3 is 37.7 Å². The molecule has 0 radical (unpaired) electrons. The van der Waals surface area contributed by atoms with Crippen LogP contribution in [0.5, 0.6) is 11.5 Å². The van der Waals surface area contributed by atoms with Crippen LogP contribution in [-0.2, 0) is 60.3 Å². The minimum absolute atomic E-state index is 0.0130. The number of para-hydroxylation sites is 2. The summed E-state index contributed by atoms with van der Waals surface area (Å²) in [6.07, 6.45) is 20.8. The van der Waals surface area contributed by atoms with Gasteiger partial charge in [-0.2, -0.15) is 19.2 Å². The molecular weight excluding hydrogens is 1170 g/mol. The number of carbonyl (C=O) groups excluding carboxylic acids is 4. The molecule has 20 heteroatoms. The molecule has 2 unspecified atom stereocenters. The van der Waals surface area contributed by atoms with Gasteiger partial charge in [0.1, 0.15) is 13.2 Å². The van der Waals surface area contributed by atoms with Crippen molar-refractivity contribution in [3.05, 3.63) is 142 Å². The first-order chi connectivity index (χ1) is 41.4. The van der Waals surface area contributed by atoms with Crippen molar-refractivity contribution < 1.29 is 66.8 Å². The molecule has 4 aliphatic carbocycles. The Morgan fingerprint density at radius 2 is 1.00 bits per heavy atom. The number of aryl methyl sites for hydroxylation is 2. The molecule has 0 bridgehead atoms. The molecule has 0 aromatic heterocycles. The lowest BCUT2D eigenvalue weighted by Crippen LogP contribution is -2.41. The van der Waals surface area contributed by atoms with Gasteiger partial charge in [-0.1, -0.05) is 104 Å². The largest absolute Gasteiger partial charge is 0.491 e. The van der Waals surface area contributed by atoms with Gasteiger partial charge in [0.15, 0.2) is 12.6 Å². The van der Waals surface area contributed by atoms with Crippen LogP contribution < -0.4 is 9.47 Å². The molecule has 86 heavy (non-hydrogen) atoms. The lowest BCUT2D eigenvalue weighted by molar-refractivity contribution is -0.386. The summed E-state index contributed by atoms with van der Waals surface area (Å²) in [7, 11) is -0.199. The summed E-state index contributed by atoms with van der Waals surface area (Å²) in [6.45, 7) is 15.5. The van der Waals surface area contributed by atoms with E-state index in [2.05, 4.69) is 93.9 Å². The van der Waals surface area contributed by atoms with Gasteiger partial charge in [0, 0.05) is 30.9 Å². The quantitative estimate of drug-likeness (QED) is 0.0439. The second-order valence-corrected chi connectivity index (χ2v) is 24.6. The summed E-state index contributed by atoms with van der Waals surface area (Å²) in [5.74, 6) is 1.75. The first kappa shape index (κ1) is 67.3. The Kier molecular flexibility index (Phi) is 25.6. The number of hydrogen-bond acceptors (Lipinski definition) is 16. The number of nitro benzene ring substituents is 2. The van der Waals surface area contributed by atoms with E-state index in [0.717, 1.165) is 70.1 Å². The molecule has 4 aromatic rings. The average molecular weight is 1250 g/mol. The van der Waals surface area contributed by atoms with E-state index in [9.17, 15) is 20.2 Å². The van der Waals surface area contributed by atoms with Gasteiger partial charge in [-0.25, -0.2) is 0 Å². The fourth-order valence-electron chi connectivity index (χ4n) is 12.5. The van der Waals surface area contributed by atoms with Gasteiger partial charge in [0.25, 0.3) is 0 Å². The van der Waals surface area contributed by atoms with E-state index in [1.54, 1.807) is 23.8 Å². The van der Waals surface area contributed by atoms with Crippen molar-refractivity contribution in [1.29, 1.82) is 0 Å². The second kappa shape index (κ2) is 32.7. The first-order valence-corrected chi connectivity index (χ1v) is 31.1. The van der Waals surface area contributed by atoms with Crippen LogP contribution in [0.15, 0.2) is 82.7 Å². The van der Waals surface area contributed by atoms with Gasteiger partial charge in [-0.05, 0) is 197 Å². The normalized spacial score (nSPS) is 20.4. The number of ether oxygens (including phenoxy) is 6. The smallest absolute Gasteiger partial charge is 0.484 e. The number of benzene rings is 4. The predicted molar refractivity (Wildman–Crippen MR) is 327 cm³/mol. The Morgan fingerprint density at radius 1 is 0.558 bits per heavy atom. The predicted octanol–water partition coefficient (Wildman–Crippen LogP) is 14.5. The molecule has 0 amide bonds. The topological polar surface area (TPSA) is 228 Å². The van der Waals surface area contributed by atoms with Gasteiger partial charge in [0.05, 0.1) is 38.7 Å². The van der Waals surface area contributed by atoms with E-state index in [-0.39, 0.29) is 78.5 Å². The molecule has 4 aromatic carbocycles. The summed E-state index contributed by atoms with van der Waals surface area (Å²) in [6, 6.07) is 23.7. The van der Waals surface area contributed by atoms with Gasteiger partial charge in [-0.15, -0.1) is 0 Å². The monoisotopic (exact) mass is 1250 g/mol. The molecule has 5 fully saturated rings. The molecule has 3 saturated heterocycles. The fourth-order valence-corrected chi connectivity index (χ4v) is 13.0. The zero-order chi connectivity index (χ0) is 61.8. The van der Waals surface area contributed by atoms with Crippen LogP contribution in [0, 0.1) is 45.9 Å². The highest BCUT2D eigenvalue weighted by Crippen LogP contribution is 2.51. The van der Waals surface area contributed by atoms with Crippen LogP contribution in [0.3, 0.4) is 0 Å². The van der Waals surface area contributed by atoms with Crippen molar-refractivity contribution in [3.63, 3.8) is 0 Å². The summed E-state index contributed by atoms with van der Waals surface area (Å²) in [5.41, 5.74) is 13.9. The van der Waals surface area contributed by atoms with E-state index in [1.165, 1.54) is 126 Å². The lowest BCUT2D eigenvalue weighted by atomic mass is 9.70. The molecule has 2 atom stereocenters. The minimum Gasteiger partial charge on any atom is -0.484 e. The molecular formula is C66H82BBrN2O16. The maximum atomic E-state index is 12.0. The van der Waals surface area contributed by atoms with Crippen LogP contribution in [0.2, 0.25) is 0 Å². The van der Waals surface area contributed by atoms with E-state index < -0.39 is 4.92 Å². The summed E-state index contributed by atoms with van der Waals surface area (Å²) < 4.78 is 47.4. The fraction of sp³-hybridized carbons (Fsp3) is 0.545. The van der Waals surface area contributed by atoms with E-state index >= 15 is 0 Å². The SMILES string of the molecule is Cc1ccc2c(c1)CC(B1OC(C)(C)C(C)(C)O1)=C2C1CCCCC1.Cc1ccc2c(c1)CC(c1cccc([N+](=O)[O-])c1OCCOC1CCCCO1)=C2C1CCCCC1.O=C=O.O=C=O.O=[N+]([O-])c1cccc(Br)c1OCCOC1CCCCO1. The second-order valence-electron chi connectivity index (χ2n) is 23.7. The first-order valence-electron chi connectivity index (χ1n) is 30.3. The van der Waals surface area contributed by atoms with Crippen LogP contribution in [0.25, 0.3) is 16.7 Å². The summed E-state index contributed by atoms with van der Waals surface area (Å²) in [5, 5.41) is 22.9. The van der Waals surface area contributed by atoms with Gasteiger partial charge in [-0.3, -0.25) is 20.2 Å². The highest BCUT2D eigenvalue weighted by molar-refractivity contribution is 9.10. The Labute approximate surface area is 513 Å². The number of fused-ring (bicyclic) bond motifs is 2. The van der Waals surface area contributed by atoms with Crippen LogP contribution in [0.1, 0.15) is 169 Å². The molecule has 18 nitrogen and oxygen atoms in total. The van der Waals surface area contributed by atoms with Crippen molar-refractivity contribution in [2.45, 2.75) is 181 Å². The Morgan fingerprint density at radius 3 is 1.49 bits per heavy atom. The Balaban J connectivity index is 0.000000183. The number of halogens is 1. The molecule has 3 aliphatic heterocycles. The molecule has 2 saturated carbocycles. The van der Waals surface area contributed by atoms with Crippen LogP contribution >= 0.6 is 15.9 Å². The molecule has 7 aliphatic rings. The van der Waals surface area contributed by atoms with Crippen molar-refractivity contribution in [2.24, 2.45) is 11.8 Å². The third kappa shape index (κ3) is 17.8. The van der Waals surface area contributed by atoms with Crippen molar-refractivity contribution >= 4 is 63.4 Å². The van der Waals surface area contributed by atoms with E-state index in [4.69, 9.17) is 56.9 Å². The molecule has 11 rings (SSSR count). The number of nitro groups is 2. The standard InChI is InChI=1S/C29H35NO5.C22H31BO2.C13H16BrNO5.2CO2/c1-20-13-14-23-22(18-20)19-25(28(23)21-8-3-2-4-9-21)24-10-7-11-26(30(31)32)29(24)35-17-16-34-27-12-5-6-15-33-27;1-15-11-12-18-17(13-15)14-19(20(18)16-9-7-6-8-10-16)23-24-21(2,3)22(4,5)25-23;14-10-4-3-5-11(15(16)17)13(10)20-9-8-19-12-6-1-2-7-18-12;2*2-1-3/h7,10-11,13-14,18,21,27H,2-6,8-9,12,15-17,19H2,1H3;11-13,16H,6-10,14H2,1-5H3;3-5,12H,1-2,6-9H2;;. The summed E-state index contributed by atoms with van der Waals surface area (Å²) in [4.78, 5) is 54.6. The molecule has 462 valence electrons. The third-order valence-corrected chi connectivity index (χ3v) is 17.9. The van der Waals surface area contributed by atoms with Crippen molar-refractivity contribution in [2.75, 3.05) is 39.6 Å². The molecule has 0 N–H and O–H groups in total. The zero-order valence-corrected chi connectivity index (χ0v) is 52.2. The zero-order valence-electron chi connectivity index (χ0n) is 50.6. The minimum atomic E-state index is -0.467. The van der Waals surface area contributed by atoms with Crippen molar-refractivity contribution in [3.8, 4) is 11.5 Å². The van der Waals surface area contributed by atoms with Crippen LogP contribution in [-0.4, -0.2) is 92.7 Å². The van der Waals surface area contributed by atoms with Crippen LogP contribution in [0.4, 0.5) is 11.4 Å². The Bertz CT molecular complexity index is 3040.